The predicted octanol–water partition coefficient (Wildman–Crippen LogP) is 12.2. The molecule has 2 heterocycles. The molecule has 0 N–H and O–H groups in total. The van der Waals surface area contributed by atoms with Crippen LogP contribution in [0.1, 0.15) is 42.4 Å². The third-order valence-corrected chi connectivity index (χ3v) is 13.5. The van der Waals surface area contributed by atoms with Crippen molar-refractivity contribution in [2.75, 3.05) is 0 Å². The smallest absolute Gasteiger partial charge is 0.0900 e. The maximum absolute atomic E-state index is 2.57. The molecular weight excluding hydrogens is 617 g/mol. The van der Waals surface area contributed by atoms with Gasteiger partial charge in [0.25, 0.3) is 0 Å². The summed E-state index contributed by atoms with van der Waals surface area (Å²) in [7, 11) is 0. The standard InChI is InChI=1S/C46H28S2/c1-2-14-29(15-3-1)30-26-42(47-28-30)46(40-24-12-6-18-33(40)34-19-7-13-25-41(34)46)43-27-36-35-20-8-11-23-39(35)45(44(36)48-43)37-21-9-4-16-31(37)32-17-5-10-22-38(32)45/h1-28H. The van der Waals surface area contributed by atoms with Gasteiger partial charge in [0.15, 0.2) is 0 Å². The lowest BCUT2D eigenvalue weighted by atomic mass is 9.74. The SMILES string of the molecule is c1ccc(-c2csc(C3(c4cc5c(s4)C4(c6ccccc6-c6ccccc64)c4ccccc4-5)c4ccccc4-c4ccccc43)c2)cc1. The Labute approximate surface area is 288 Å². The fourth-order valence-electron chi connectivity index (χ4n) is 9.19. The summed E-state index contributed by atoms with van der Waals surface area (Å²) >= 11 is 3.93. The second-order valence-corrected chi connectivity index (χ2v) is 15.1. The molecule has 224 valence electrons. The minimum absolute atomic E-state index is 0.342. The molecule has 0 nitrogen and oxygen atoms in total. The highest BCUT2D eigenvalue weighted by atomic mass is 32.1. The monoisotopic (exact) mass is 644 g/mol. The summed E-state index contributed by atoms with van der Waals surface area (Å²) in [6, 6.07) is 61.5. The molecule has 0 fully saturated rings. The Morgan fingerprint density at radius 2 is 0.750 bits per heavy atom. The van der Waals surface area contributed by atoms with Gasteiger partial charge in [0, 0.05) is 14.6 Å². The lowest BCUT2D eigenvalue weighted by molar-refractivity contribution is 0.804. The topological polar surface area (TPSA) is 0 Å². The summed E-state index contributed by atoms with van der Waals surface area (Å²) in [6.07, 6.45) is 0. The van der Waals surface area contributed by atoms with Crippen LogP contribution in [0.5, 0.6) is 0 Å². The first kappa shape index (κ1) is 26.8. The minimum Gasteiger partial charge on any atom is -0.147 e. The average molecular weight is 645 g/mol. The van der Waals surface area contributed by atoms with Crippen LogP contribution in [0.3, 0.4) is 0 Å². The van der Waals surface area contributed by atoms with E-state index in [1.807, 2.05) is 22.7 Å². The maximum atomic E-state index is 2.57. The molecule has 0 bridgehead atoms. The largest absolute Gasteiger partial charge is 0.147 e. The first-order valence-electron chi connectivity index (χ1n) is 16.6. The highest BCUT2D eigenvalue weighted by Gasteiger charge is 2.55. The third-order valence-electron chi connectivity index (χ3n) is 11.0. The van der Waals surface area contributed by atoms with E-state index in [4.69, 9.17) is 0 Å². The van der Waals surface area contributed by atoms with Crippen LogP contribution < -0.4 is 0 Å². The normalized spacial score (nSPS) is 15.0. The molecule has 0 unspecified atom stereocenters. The van der Waals surface area contributed by atoms with Gasteiger partial charge >= 0.3 is 0 Å². The molecule has 8 aromatic rings. The number of hydrogen-bond donors (Lipinski definition) is 0. The summed E-state index contributed by atoms with van der Waals surface area (Å²) in [5, 5.41) is 2.36. The fourth-order valence-corrected chi connectivity index (χ4v) is 12.1. The van der Waals surface area contributed by atoms with E-state index >= 15 is 0 Å². The van der Waals surface area contributed by atoms with Gasteiger partial charge in [-0.1, -0.05) is 152 Å². The molecule has 0 aliphatic heterocycles. The van der Waals surface area contributed by atoms with Crippen molar-refractivity contribution in [3.63, 3.8) is 0 Å². The first-order chi connectivity index (χ1) is 23.8. The summed E-state index contributed by atoms with van der Waals surface area (Å²) in [5.74, 6) is 0. The molecule has 48 heavy (non-hydrogen) atoms. The van der Waals surface area contributed by atoms with E-state index in [1.54, 1.807) is 0 Å². The van der Waals surface area contributed by atoms with Crippen molar-refractivity contribution >= 4 is 22.7 Å². The molecule has 3 aliphatic rings. The summed E-state index contributed by atoms with van der Waals surface area (Å²) in [4.78, 5) is 4.20. The third kappa shape index (κ3) is 3.15. The Hall–Kier alpha value is -5.28. The lowest BCUT2D eigenvalue weighted by Crippen LogP contribution is -2.27. The molecule has 0 saturated carbocycles. The van der Waals surface area contributed by atoms with E-state index in [0.29, 0.717) is 0 Å². The number of rotatable bonds is 3. The molecule has 0 atom stereocenters. The van der Waals surface area contributed by atoms with Gasteiger partial charge in [-0.25, -0.2) is 0 Å². The van der Waals surface area contributed by atoms with Crippen molar-refractivity contribution < 1.29 is 0 Å². The Morgan fingerprint density at radius 3 is 1.25 bits per heavy atom. The Bertz CT molecular complexity index is 2490. The zero-order chi connectivity index (χ0) is 31.5. The van der Waals surface area contributed by atoms with Gasteiger partial charge in [-0.05, 0) is 89.8 Å². The molecule has 0 amide bonds. The molecule has 2 aromatic heterocycles. The Morgan fingerprint density at radius 1 is 0.333 bits per heavy atom. The van der Waals surface area contributed by atoms with Gasteiger partial charge in [0.2, 0.25) is 0 Å². The predicted molar refractivity (Wildman–Crippen MR) is 201 cm³/mol. The van der Waals surface area contributed by atoms with Crippen LogP contribution >= 0.6 is 22.7 Å². The molecule has 3 aliphatic carbocycles. The molecule has 0 radical (unpaired) electrons. The highest BCUT2D eigenvalue weighted by molar-refractivity contribution is 7.14. The van der Waals surface area contributed by atoms with Crippen LogP contribution in [0.15, 0.2) is 169 Å². The van der Waals surface area contributed by atoms with Crippen molar-refractivity contribution in [1.29, 1.82) is 0 Å². The van der Waals surface area contributed by atoms with Crippen LogP contribution in [-0.2, 0) is 10.8 Å². The molecular formula is C46H28S2. The van der Waals surface area contributed by atoms with Crippen molar-refractivity contribution in [2.24, 2.45) is 0 Å². The highest BCUT2D eigenvalue weighted by Crippen LogP contribution is 2.67. The first-order valence-corrected chi connectivity index (χ1v) is 18.3. The summed E-state index contributed by atoms with van der Waals surface area (Å²) < 4.78 is 0. The molecule has 2 heteroatoms. The zero-order valence-corrected chi connectivity index (χ0v) is 27.6. The number of fused-ring (bicyclic) bond motifs is 13. The van der Waals surface area contributed by atoms with Crippen molar-refractivity contribution in [3.05, 3.63) is 212 Å². The summed E-state index contributed by atoms with van der Waals surface area (Å²) in [5.41, 5.74) is 16.8. The fraction of sp³-hybridized carbons (Fsp3) is 0.0435. The van der Waals surface area contributed by atoms with Crippen molar-refractivity contribution in [2.45, 2.75) is 10.8 Å². The molecule has 11 rings (SSSR count). The Balaban J connectivity index is 1.26. The summed E-state index contributed by atoms with van der Waals surface area (Å²) in [6.45, 7) is 0. The van der Waals surface area contributed by atoms with Gasteiger partial charge in [-0.2, -0.15) is 0 Å². The van der Waals surface area contributed by atoms with Crippen LogP contribution in [0, 0.1) is 0 Å². The van der Waals surface area contributed by atoms with Gasteiger partial charge < -0.3 is 0 Å². The van der Waals surface area contributed by atoms with E-state index in [9.17, 15) is 0 Å². The second-order valence-electron chi connectivity index (χ2n) is 13.1. The van der Waals surface area contributed by atoms with E-state index in [0.717, 1.165) is 0 Å². The molecule has 6 aromatic carbocycles. The number of benzene rings is 6. The van der Waals surface area contributed by atoms with Crippen LogP contribution in [0.25, 0.3) is 44.5 Å². The van der Waals surface area contributed by atoms with Gasteiger partial charge in [0.05, 0.1) is 10.8 Å². The van der Waals surface area contributed by atoms with Gasteiger partial charge in [0.1, 0.15) is 0 Å². The van der Waals surface area contributed by atoms with E-state index in [-0.39, 0.29) is 5.41 Å². The van der Waals surface area contributed by atoms with Crippen molar-refractivity contribution in [1.82, 2.24) is 0 Å². The van der Waals surface area contributed by atoms with Crippen molar-refractivity contribution in [3.8, 4) is 44.5 Å². The molecule has 1 spiro atoms. The average Bonchev–Trinajstić information content (AvgIpc) is 3.97. The quantitative estimate of drug-likeness (QED) is 0.180. The maximum Gasteiger partial charge on any atom is 0.0900 e. The lowest BCUT2D eigenvalue weighted by Gasteiger charge is -2.32. The van der Waals surface area contributed by atoms with Crippen LogP contribution in [0.4, 0.5) is 0 Å². The van der Waals surface area contributed by atoms with Crippen LogP contribution in [0.2, 0.25) is 0 Å². The second kappa shape index (κ2) is 9.64. The number of hydrogen-bond acceptors (Lipinski definition) is 2. The zero-order valence-electron chi connectivity index (χ0n) is 26.0. The van der Waals surface area contributed by atoms with E-state index in [2.05, 4.69) is 169 Å². The van der Waals surface area contributed by atoms with E-state index in [1.165, 1.54) is 87.0 Å². The Kier molecular flexibility index (Phi) is 5.37. The van der Waals surface area contributed by atoms with Crippen LogP contribution in [-0.4, -0.2) is 0 Å². The van der Waals surface area contributed by atoms with E-state index < -0.39 is 5.41 Å². The van der Waals surface area contributed by atoms with Gasteiger partial charge in [-0.15, -0.1) is 22.7 Å². The number of thiophene rings is 2. The van der Waals surface area contributed by atoms with Gasteiger partial charge in [-0.3, -0.25) is 0 Å². The molecule has 0 saturated heterocycles. The minimum atomic E-state index is -0.423.